The zero-order valence-electron chi connectivity index (χ0n) is 8.87. The number of Topliss-reactive ketones (excluding diaryl/α,β-unsaturated/α-hetero) is 1. The van der Waals surface area contributed by atoms with E-state index in [-0.39, 0.29) is 5.78 Å². The highest BCUT2D eigenvalue weighted by Gasteiger charge is 2.24. The van der Waals surface area contributed by atoms with Crippen LogP contribution in [0.15, 0.2) is 24.5 Å². The van der Waals surface area contributed by atoms with Gasteiger partial charge in [0, 0.05) is 18.8 Å². The van der Waals surface area contributed by atoms with Gasteiger partial charge < -0.3 is 5.32 Å². The van der Waals surface area contributed by atoms with E-state index in [9.17, 15) is 4.79 Å². The molecule has 0 aliphatic carbocycles. The highest BCUT2D eigenvalue weighted by molar-refractivity contribution is 5.89. The third-order valence-electron chi connectivity index (χ3n) is 2.41. The van der Waals surface area contributed by atoms with E-state index in [4.69, 9.17) is 0 Å². The van der Waals surface area contributed by atoms with Crippen LogP contribution < -0.4 is 5.32 Å². The number of carbonyl (C=O) groups excluding carboxylic acids is 1. The average molecular weight is 192 g/mol. The smallest absolute Gasteiger partial charge is 0.156 e. The van der Waals surface area contributed by atoms with Gasteiger partial charge in [-0.3, -0.25) is 9.78 Å². The lowest BCUT2D eigenvalue weighted by Gasteiger charge is -2.22. The van der Waals surface area contributed by atoms with Crippen molar-refractivity contribution >= 4 is 5.78 Å². The lowest BCUT2D eigenvalue weighted by Crippen LogP contribution is -2.45. The lowest BCUT2D eigenvalue weighted by molar-refractivity contribution is -0.123. The zero-order chi connectivity index (χ0) is 10.6. The van der Waals surface area contributed by atoms with Crippen LogP contribution in [0.1, 0.15) is 19.4 Å². The van der Waals surface area contributed by atoms with Crippen molar-refractivity contribution in [3.63, 3.8) is 0 Å². The summed E-state index contributed by atoms with van der Waals surface area (Å²) in [5.41, 5.74) is 0.497. The van der Waals surface area contributed by atoms with Crippen molar-refractivity contribution in [2.24, 2.45) is 0 Å². The number of rotatable bonds is 4. The van der Waals surface area contributed by atoms with Crippen molar-refractivity contribution in [2.75, 3.05) is 7.05 Å². The summed E-state index contributed by atoms with van der Waals surface area (Å²) in [6.45, 7) is 3.76. The molecular formula is C11H16N2O. The molecule has 1 rings (SSSR count). The van der Waals surface area contributed by atoms with E-state index in [0.29, 0.717) is 6.42 Å². The third-order valence-corrected chi connectivity index (χ3v) is 2.41. The zero-order valence-corrected chi connectivity index (χ0v) is 8.87. The summed E-state index contributed by atoms with van der Waals surface area (Å²) in [5, 5.41) is 2.99. The van der Waals surface area contributed by atoms with Gasteiger partial charge in [0.1, 0.15) is 0 Å². The van der Waals surface area contributed by atoms with Crippen LogP contribution in [0.25, 0.3) is 0 Å². The first-order chi connectivity index (χ1) is 6.56. The Hall–Kier alpha value is -1.22. The van der Waals surface area contributed by atoms with Gasteiger partial charge in [-0.1, -0.05) is 6.07 Å². The first-order valence-electron chi connectivity index (χ1n) is 4.67. The summed E-state index contributed by atoms with van der Waals surface area (Å²) in [6.07, 6.45) is 3.86. The molecule has 0 aliphatic heterocycles. The molecule has 1 aromatic heterocycles. The Morgan fingerprint density at radius 1 is 1.57 bits per heavy atom. The van der Waals surface area contributed by atoms with E-state index >= 15 is 0 Å². The number of likely N-dealkylation sites (N-methyl/N-ethyl adjacent to an activating group) is 1. The summed E-state index contributed by atoms with van der Waals surface area (Å²) in [6, 6.07) is 3.76. The van der Waals surface area contributed by atoms with Crippen LogP contribution in [0.5, 0.6) is 0 Å². The van der Waals surface area contributed by atoms with Crippen molar-refractivity contribution in [1.82, 2.24) is 10.3 Å². The predicted molar refractivity (Wildman–Crippen MR) is 56.1 cm³/mol. The number of pyridine rings is 1. The monoisotopic (exact) mass is 192 g/mol. The number of aromatic nitrogens is 1. The molecule has 0 atom stereocenters. The Morgan fingerprint density at radius 2 is 2.29 bits per heavy atom. The van der Waals surface area contributed by atoms with Crippen LogP contribution in [-0.2, 0) is 11.2 Å². The molecule has 1 heterocycles. The molecule has 0 bridgehead atoms. The van der Waals surface area contributed by atoms with Crippen molar-refractivity contribution < 1.29 is 4.79 Å². The highest BCUT2D eigenvalue weighted by atomic mass is 16.1. The lowest BCUT2D eigenvalue weighted by atomic mass is 9.94. The van der Waals surface area contributed by atoms with Gasteiger partial charge in [0.15, 0.2) is 5.78 Å². The maximum absolute atomic E-state index is 11.8. The van der Waals surface area contributed by atoms with Gasteiger partial charge in [-0.2, -0.15) is 0 Å². The molecule has 0 amide bonds. The molecule has 3 heteroatoms. The van der Waals surface area contributed by atoms with E-state index in [1.54, 1.807) is 19.4 Å². The van der Waals surface area contributed by atoms with E-state index in [2.05, 4.69) is 10.3 Å². The van der Waals surface area contributed by atoms with Crippen molar-refractivity contribution in [1.29, 1.82) is 0 Å². The van der Waals surface area contributed by atoms with Crippen molar-refractivity contribution in [3.8, 4) is 0 Å². The maximum Gasteiger partial charge on any atom is 0.156 e. The first-order valence-corrected chi connectivity index (χ1v) is 4.67. The minimum atomic E-state index is -0.462. The van der Waals surface area contributed by atoms with E-state index in [0.717, 1.165) is 5.56 Å². The molecular weight excluding hydrogens is 176 g/mol. The molecule has 1 N–H and O–H groups in total. The Labute approximate surface area is 84.6 Å². The summed E-state index contributed by atoms with van der Waals surface area (Å²) in [5.74, 6) is 0.174. The number of hydrogen-bond acceptors (Lipinski definition) is 3. The maximum atomic E-state index is 11.8. The van der Waals surface area contributed by atoms with Gasteiger partial charge in [-0.25, -0.2) is 0 Å². The molecule has 76 valence electrons. The van der Waals surface area contributed by atoms with Crippen LogP contribution >= 0.6 is 0 Å². The molecule has 0 fully saturated rings. The standard InChI is InChI=1S/C11H16N2O/c1-11(2,12-3)10(14)7-9-5-4-6-13-8-9/h4-6,8,12H,7H2,1-3H3. The van der Waals surface area contributed by atoms with Crippen molar-refractivity contribution in [2.45, 2.75) is 25.8 Å². The normalized spacial score (nSPS) is 11.4. The van der Waals surface area contributed by atoms with Crippen LogP contribution in [-0.4, -0.2) is 23.4 Å². The fourth-order valence-corrected chi connectivity index (χ4v) is 1.05. The summed E-state index contributed by atoms with van der Waals surface area (Å²) in [4.78, 5) is 15.7. The van der Waals surface area contributed by atoms with Gasteiger partial charge in [0.2, 0.25) is 0 Å². The minimum absolute atomic E-state index is 0.174. The number of ketones is 1. The Kier molecular flexibility index (Phi) is 3.36. The van der Waals surface area contributed by atoms with E-state index < -0.39 is 5.54 Å². The van der Waals surface area contributed by atoms with Gasteiger partial charge in [-0.15, -0.1) is 0 Å². The molecule has 0 saturated heterocycles. The fourth-order valence-electron chi connectivity index (χ4n) is 1.05. The summed E-state index contributed by atoms with van der Waals surface area (Å²) < 4.78 is 0. The van der Waals surface area contributed by atoms with Crippen LogP contribution in [0.3, 0.4) is 0 Å². The number of nitrogens with zero attached hydrogens (tertiary/aromatic N) is 1. The number of hydrogen-bond donors (Lipinski definition) is 1. The molecule has 0 saturated carbocycles. The number of nitrogens with one attached hydrogen (secondary N) is 1. The third kappa shape index (κ3) is 2.64. The van der Waals surface area contributed by atoms with Gasteiger partial charge in [-0.05, 0) is 32.5 Å². The molecule has 0 spiro atoms. The second-order valence-electron chi connectivity index (χ2n) is 3.84. The highest BCUT2D eigenvalue weighted by Crippen LogP contribution is 2.08. The second-order valence-corrected chi connectivity index (χ2v) is 3.84. The van der Waals surface area contributed by atoms with Gasteiger partial charge in [0.25, 0.3) is 0 Å². The Bertz CT molecular complexity index is 306. The van der Waals surface area contributed by atoms with E-state index in [1.165, 1.54) is 0 Å². The largest absolute Gasteiger partial charge is 0.308 e. The summed E-state index contributed by atoms with van der Waals surface area (Å²) in [7, 11) is 1.79. The minimum Gasteiger partial charge on any atom is -0.308 e. The topological polar surface area (TPSA) is 42.0 Å². The molecule has 0 radical (unpaired) electrons. The molecule has 14 heavy (non-hydrogen) atoms. The fraction of sp³-hybridized carbons (Fsp3) is 0.455. The van der Waals surface area contributed by atoms with Gasteiger partial charge >= 0.3 is 0 Å². The van der Waals surface area contributed by atoms with Crippen LogP contribution in [0.2, 0.25) is 0 Å². The second kappa shape index (κ2) is 4.33. The Balaban J connectivity index is 2.67. The van der Waals surface area contributed by atoms with Crippen LogP contribution in [0.4, 0.5) is 0 Å². The Morgan fingerprint density at radius 3 is 2.79 bits per heavy atom. The van der Waals surface area contributed by atoms with Crippen molar-refractivity contribution in [3.05, 3.63) is 30.1 Å². The molecule has 0 unspecified atom stereocenters. The first kappa shape index (κ1) is 10.9. The molecule has 0 aromatic carbocycles. The molecule has 3 nitrogen and oxygen atoms in total. The van der Waals surface area contributed by atoms with Crippen LogP contribution in [0, 0.1) is 0 Å². The SMILES string of the molecule is CNC(C)(C)C(=O)Cc1cccnc1. The molecule has 0 aliphatic rings. The van der Waals surface area contributed by atoms with Gasteiger partial charge in [0.05, 0.1) is 5.54 Å². The van der Waals surface area contributed by atoms with E-state index in [1.807, 2.05) is 26.0 Å². The quantitative estimate of drug-likeness (QED) is 0.779. The number of carbonyl (C=O) groups is 1. The molecule has 1 aromatic rings. The summed E-state index contributed by atoms with van der Waals surface area (Å²) >= 11 is 0. The average Bonchev–Trinajstić information content (AvgIpc) is 2.19. The predicted octanol–water partition coefficient (Wildman–Crippen LogP) is 1.19.